The molecule has 0 aromatic rings. The Morgan fingerprint density at radius 3 is 1.71 bits per heavy atom. The zero-order valence-electron chi connectivity index (χ0n) is 13.9. The second-order valence-corrected chi connectivity index (χ2v) is 6.27. The normalized spacial score (nSPS) is 14.9. The minimum absolute atomic E-state index is 0.108. The molecule has 0 aliphatic heterocycles. The van der Waals surface area contributed by atoms with E-state index in [2.05, 4.69) is 9.47 Å². The fourth-order valence-electron chi connectivity index (χ4n) is 1.81. The Bertz CT molecular complexity index is 401. The van der Waals surface area contributed by atoms with Gasteiger partial charge in [0, 0.05) is 5.92 Å². The zero-order valence-corrected chi connectivity index (χ0v) is 13.9. The number of esters is 2. The molecule has 0 saturated heterocycles. The molecule has 0 aliphatic rings. The molecule has 0 rings (SSSR count). The second-order valence-electron chi connectivity index (χ2n) is 6.27. The highest BCUT2D eigenvalue weighted by molar-refractivity contribution is 5.97. The molecule has 120 valence electrons. The third kappa shape index (κ3) is 6.10. The van der Waals surface area contributed by atoms with Gasteiger partial charge in [-0.25, -0.2) is 0 Å². The lowest BCUT2D eigenvalue weighted by Gasteiger charge is -2.24. The SMILES string of the molecule is COC(=O)C(C(=O)OC)[C@@H](C)[C@@H](C)C(=O)/C=C/C(C)(C)C. The number of allylic oxidation sites excluding steroid dienone is 2. The van der Waals surface area contributed by atoms with E-state index >= 15 is 0 Å². The van der Waals surface area contributed by atoms with Gasteiger partial charge in [-0.2, -0.15) is 0 Å². The number of ketones is 1. The van der Waals surface area contributed by atoms with Crippen LogP contribution in [0, 0.1) is 23.2 Å². The van der Waals surface area contributed by atoms with Crippen molar-refractivity contribution in [2.75, 3.05) is 14.2 Å². The lowest BCUT2D eigenvalue weighted by atomic mass is 9.81. The van der Waals surface area contributed by atoms with Crippen molar-refractivity contribution in [3.63, 3.8) is 0 Å². The van der Waals surface area contributed by atoms with Crippen molar-refractivity contribution in [3.8, 4) is 0 Å². The van der Waals surface area contributed by atoms with Crippen molar-refractivity contribution in [3.05, 3.63) is 12.2 Å². The third-order valence-electron chi connectivity index (χ3n) is 3.42. The van der Waals surface area contributed by atoms with Gasteiger partial charge in [-0.05, 0) is 17.4 Å². The lowest BCUT2D eigenvalue weighted by molar-refractivity contribution is -0.162. The Kier molecular flexibility index (Phi) is 7.33. The molecule has 5 heteroatoms. The fraction of sp³-hybridized carbons (Fsp3) is 0.688. The maximum Gasteiger partial charge on any atom is 0.320 e. The molecule has 21 heavy (non-hydrogen) atoms. The molecule has 5 nitrogen and oxygen atoms in total. The van der Waals surface area contributed by atoms with Gasteiger partial charge in [-0.3, -0.25) is 14.4 Å². The van der Waals surface area contributed by atoms with Crippen LogP contribution in [0.2, 0.25) is 0 Å². The van der Waals surface area contributed by atoms with E-state index in [0.29, 0.717) is 0 Å². The van der Waals surface area contributed by atoms with Gasteiger partial charge in [0.15, 0.2) is 11.7 Å². The fourth-order valence-corrected chi connectivity index (χ4v) is 1.81. The summed E-state index contributed by atoms with van der Waals surface area (Å²) in [5, 5.41) is 0. The van der Waals surface area contributed by atoms with Crippen LogP contribution >= 0.6 is 0 Å². The molecule has 0 aliphatic carbocycles. The van der Waals surface area contributed by atoms with Gasteiger partial charge in [-0.15, -0.1) is 0 Å². The van der Waals surface area contributed by atoms with Crippen LogP contribution in [-0.4, -0.2) is 31.9 Å². The Morgan fingerprint density at radius 2 is 1.38 bits per heavy atom. The molecular formula is C16H26O5. The molecule has 0 bridgehead atoms. The first-order valence-electron chi connectivity index (χ1n) is 6.94. The van der Waals surface area contributed by atoms with Gasteiger partial charge in [0.05, 0.1) is 14.2 Å². The quantitative estimate of drug-likeness (QED) is 0.428. The summed E-state index contributed by atoms with van der Waals surface area (Å²) in [6, 6.07) is 0. The number of hydrogen-bond donors (Lipinski definition) is 0. The van der Waals surface area contributed by atoms with Crippen LogP contribution in [0.3, 0.4) is 0 Å². The summed E-state index contributed by atoms with van der Waals surface area (Å²) in [7, 11) is 2.41. The molecule has 0 aromatic carbocycles. The van der Waals surface area contributed by atoms with Gasteiger partial charge in [-0.1, -0.05) is 40.7 Å². The van der Waals surface area contributed by atoms with Crippen LogP contribution in [0.15, 0.2) is 12.2 Å². The number of carbonyl (C=O) groups excluding carboxylic acids is 3. The second kappa shape index (κ2) is 7.96. The van der Waals surface area contributed by atoms with E-state index in [1.807, 2.05) is 26.8 Å². The van der Waals surface area contributed by atoms with Gasteiger partial charge < -0.3 is 9.47 Å². The highest BCUT2D eigenvalue weighted by atomic mass is 16.5. The number of carbonyl (C=O) groups is 3. The first-order chi connectivity index (χ1) is 9.55. The molecule has 0 amide bonds. The summed E-state index contributed by atoms with van der Waals surface area (Å²) >= 11 is 0. The van der Waals surface area contributed by atoms with Gasteiger partial charge in [0.2, 0.25) is 0 Å². The van der Waals surface area contributed by atoms with Crippen molar-refractivity contribution in [1.82, 2.24) is 0 Å². The molecule has 0 fully saturated rings. The molecule has 0 aromatic heterocycles. The van der Waals surface area contributed by atoms with Crippen molar-refractivity contribution < 1.29 is 23.9 Å². The predicted octanol–water partition coefficient (Wildman–Crippen LogP) is 2.39. The Balaban J connectivity index is 5.13. The molecule has 0 heterocycles. The molecule has 0 unspecified atom stereocenters. The van der Waals surface area contributed by atoms with Crippen LogP contribution in [0.5, 0.6) is 0 Å². The van der Waals surface area contributed by atoms with Crippen molar-refractivity contribution in [2.45, 2.75) is 34.6 Å². The Hall–Kier alpha value is -1.65. The smallest absolute Gasteiger partial charge is 0.320 e. The maximum absolute atomic E-state index is 12.2. The van der Waals surface area contributed by atoms with Gasteiger partial charge in [0.1, 0.15) is 0 Å². The average Bonchev–Trinajstić information content (AvgIpc) is 2.42. The van der Waals surface area contributed by atoms with E-state index < -0.39 is 29.7 Å². The van der Waals surface area contributed by atoms with E-state index in [9.17, 15) is 14.4 Å². The van der Waals surface area contributed by atoms with Crippen LogP contribution in [-0.2, 0) is 23.9 Å². The first-order valence-corrected chi connectivity index (χ1v) is 6.94. The molecule has 0 spiro atoms. The number of hydrogen-bond acceptors (Lipinski definition) is 5. The van der Waals surface area contributed by atoms with Crippen molar-refractivity contribution in [2.24, 2.45) is 23.2 Å². The molecule has 0 radical (unpaired) electrons. The van der Waals surface area contributed by atoms with Gasteiger partial charge >= 0.3 is 11.9 Å². The van der Waals surface area contributed by atoms with E-state index in [-0.39, 0.29) is 11.2 Å². The van der Waals surface area contributed by atoms with E-state index in [4.69, 9.17) is 0 Å². The summed E-state index contributed by atoms with van der Waals surface area (Å²) in [6.45, 7) is 9.31. The van der Waals surface area contributed by atoms with E-state index in [1.54, 1.807) is 13.8 Å². The zero-order chi connectivity index (χ0) is 16.8. The monoisotopic (exact) mass is 298 g/mol. The third-order valence-corrected chi connectivity index (χ3v) is 3.42. The van der Waals surface area contributed by atoms with E-state index in [1.165, 1.54) is 20.3 Å². The summed E-state index contributed by atoms with van der Waals surface area (Å²) in [6.07, 6.45) is 3.32. The van der Waals surface area contributed by atoms with Crippen LogP contribution in [0.1, 0.15) is 34.6 Å². The largest absolute Gasteiger partial charge is 0.468 e. The summed E-state index contributed by atoms with van der Waals surface area (Å²) in [5.74, 6) is -3.60. The average molecular weight is 298 g/mol. The summed E-state index contributed by atoms with van der Waals surface area (Å²) in [5.41, 5.74) is -0.108. The summed E-state index contributed by atoms with van der Waals surface area (Å²) in [4.78, 5) is 35.7. The highest BCUT2D eigenvalue weighted by Crippen LogP contribution is 2.25. The number of ether oxygens (including phenoxy) is 2. The molecule has 0 N–H and O–H groups in total. The molecular weight excluding hydrogens is 272 g/mol. The van der Waals surface area contributed by atoms with Crippen molar-refractivity contribution >= 4 is 17.7 Å². The first kappa shape index (κ1) is 19.4. The summed E-state index contributed by atoms with van der Waals surface area (Å²) < 4.78 is 9.26. The van der Waals surface area contributed by atoms with Crippen LogP contribution in [0.25, 0.3) is 0 Å². The molecule has 2 atom stereocenters. The van der Waals surface area contributed by atoms with Crippen LogP contribution in [0.4, 0.5) is 0 Å². The minimum Gasteiger partial charge on any atom is -0.468 e. The Morgan fingerprint density at radius 1 is 0.952 bits per heavy atom. The highest BCUT2D eigenvalue weighted by Gasteiger charge is 2.38. The Labute approximate surface area is 126 Å². The van der Waals surface area contributed by atoms with Gasteiger partial charge in [0.25, 0.3) is 0 Å². The van der Waals surface area contributed by atoms with E-state index in [0.717, 1.165) is 0 Å². The lowest BCUT2D eigenvalue weighted by Crippen LogP contribution is -2.37. The number of rotatable bonds is 6. The standard InChI is InChI=1S/C16H26O5/c1-10(12(17)8-9-16(3,4)5)11(2)13(14(18)20-6)15(19)21-7/h8-11,13H,1-7H3/b9-8+/t10-,11+/m1/s1. The molecule has 0 saturated carbocycles. The van der Waals surface area contributed by atoms with Crippen molar-refractivity contribution in [1.29, 1.82) is 0 Å². The van der Waals surface area contributed by atoms with Crippen LogP contribution < -0.4 is 0 Å². The number of methoxy groups -OCH3 is 2. The predicted molar refractivity (Wildman–Crippen MR) is 79.5 cm³/mol. The minimum atomic E-state index is -1.10. The topological polar surface area (TPSA) is 69.7 Å². The maximum atomic E-state index is 12.2.